The normalized spacial score (nSPS) is 20.0. The molecule has 2 aliphatic rings. The van der Waals surface area contributed by atoms with Gasteiger partial charge in [-0.1, -0.05) is 26.2 Å². The molecule has 0 aromatic rings. The zero-order valence-electron chi connectivity index (χ0n) is 17.4. The number of likely N-dealkylation sites (tertiary alicyclic amines) is 2. The van der Waals surface area contributed by atoms with Gasteiger partial charge >= 0.3 is 0 Å². The number of carbonyl (C=O) groups is 2. The molecule has 0 bridgehead atoms. The number of rotatable bonds is 10. The van der Waals surface area contributed by atoms with Gasteiger partial charge in [0.05, 0.1) is 6.61 Å². The molecule has 156 valence electrons. The Kier molecular flexibility index (Phi) is 10.1. The molecule has 1 N–H and O–H groups in total. The van der Waals surface area contributed by atoms with Gasteiger partial charge in [0.2, 0.25) is 11.8 Å². The van der Waals surface area contributed by atoms with E-state index in [4.69, 9.17) is 4.74 Å². The van der Waals surface area contributed by atoms with Crippen LogP contribution in [0.15, 0.2) is 0 Å². The van der Waals surface area contributed by atoms with Crippen LogP contribution in [0.4, 0.5) is 0 Å². The second kappa shape index (κ2) is 12.3. The van der Waals surface area contributed by atoms with Gasteiger partial charge in [0, 0.05) is 45.1 Å². The first-order chi connectivity index (χ1) is 13.2. The third-order valence-electron chi connectivity index (χ3n) is 6.08. The Bertz CT molecular complexity index is 442. The molecule has 0 radical (unpaired) electrons. The summed E-state index contributed by atoms with van der Waals surface area (Å²) >= 11 is 0. The Balaban J connectivity index is 1.63. The highest BCUT2D eigenvalue weighted by Crippen LogP contribution is 2.24. The van der Waals surface area contributed by atoms with Crippen LogP contribution in [-0.4, -0.2) is 74.1 Å². The van der Waals surface area contributed by atoms with E-state index in [0.717, 1.165) is 58.3 Å². The van der Waals surface area contributed by atoms with Crippen molar-refractivity contribution in [3.8, 4) is 0 Å². The maximum Gasteiger partial charge on any atom is 0.223 e. The van der Waals surface area contributed by atoms with E-state index in [9.17, 15) is 9.59 Å². The maximum atomic E-state index is 12.3. The van der Waals surface area contributed by atoms with Crippen LogP contribution in [0, 0.1) is 5.92 Å². The summed E-state index contributed by atoms with van der Waals surface area (Å²) in [4.78, 5) is 29.1. The molecule has 0 unspecified atom stereocenters. The van der Waals surface area contributed by atoms with E-state index in [2.05, 4.69) is 22.0 Å². The number of piperidine rings is 2. The predicted molar refractivity (Wildman–Crippen MR) is 108 cm³/mol. The van der Waals surface area contributed by atoms with Gasteiger partial charge in [-0.25, -0.2) is 0 Å². The summed E-state index contributed by atoms with van der Waals surface area (Å²) in [5.74, 6) is 0.661. The second-order valence-electron chi connectivity index (χ2n) is 8.02. The van der Waals surface area contributed by atoms with Crippen LogP contribution in [0.1, 0.15) is 64.7 Å². The Morgan fingerprint density at radius 3 is 2.33 bits per heavy atom. The molecule has 0 aliphatic carbocycles. The van der Waals surface area contributed by atoms with Crippen LogP contribution in [0.5, 0.6) is 0 Å². The number of carbonyl (C=O) groups excluding carboxylic acids is 2. The van der Waals surface area contributed by atoms with Crippen molar-refractivity contribution in [1.82, 2.24) is 15.1 Å². The van der Waals surface area contributed by atoms with E-state index in [1.807, 2.05) is 0 Å². The fourth-order valence-electron chi connectivity index (χ4n) is 4.29. The Hall–Kier alpha value is -1.14. The predicted octanol–water partition coefficient (Wildman–Crippen LogP) is 2.42. The van der Waals surface area contributed by atoms with Crippen LogP contribution in [0.25, 0.3) is 0 Å². The largest absolute Gasteiger partial charge is 0.383 e. The number of hydrogen-bond acceptors (Lipinski definition) is 4. The molecule has 2 aliphatic heterocycles. The summed E-state index contributed by atoms with van der Waals surface area (Å²) in [6, 6.07) is 0.576. The zero-order chi connectivity index (χ0) is 19.5. The number of amides is 2. The lowest BCUT2D eigenvalue weighted by molar-refractivity contribution is -0.133. The van der Waals surface area contributed by atoms with Crippen molar-refractivity contribution in [1.29, 1.82) is 0 Å². The molecule has 27 heavy (non-hydrogen) atoms. The molecule has 0 spiro atoms. The van der Waals surface area contributed by atoms with E-state index >= 15 is 0 Å². The van der Waals surface area contributed by atoms with Gasteiger partial charge in [-0.3, -0.25) is 9.59 Å². The number of nitrogens with one attached hydrogen (secondary N) is 1. The van der Waals surface area contributed by atoms with Crippen LogP contribution < -0.4 is 5.32 Å². The van der Waals surface area contributed by atoms with Gasteiger partial charge in [-0.2, -0.15) is 0 Å². The molecular formula is C21H39N3O3. The minimum Gasteiger partial charge on any atom is -0.383 e. The number of methoxy groups -OCH3 is 1. The van der Waals surface area contributed by atoms with Crippen LogP contribution in [0.3, 0.4) is 0 Å². The van der Waals surface area contributed by atoms with Crippen molar-refractivity contribution < 1.29 is 14.3 Å². The summed E-state index contributed by atoms with van der Waals surface area (Å²) in [6.07, 6.45) is 9.40. The minimum absolute atomic E-state index is 0.142. The lowest BCUT2D eigenvalue weighted by Crippen LogP contribution is -2.50. The first kappa shape index (κ1) is 22.2. The van der Waals surface area contributed by atoms with E-state index in [-0.39, 0.29) is 11.8 Å². The number of nitrogens with zero attached hydrogens (tertiary/aromatic N) is 2. The van der Waals surface area contributed by atoms with Crippen molar-refractivity contribution in [3.63, 3.8) is 0 Å². The van der Waals surface area contributed by atoms with Crippen molar-refractivity contribution in [2.75, 3.05) is 46.4 Å². The second-order valence-corrected chi connectivity index (χ2v) is 8.02. The molecule has 0 aromatic carbocycles. The molecule has 2 amide bonds. The van der Waals surface area contributed by atoms with Crippen molar-refractivity contribution in [2.45, 2.75) is 70.8 Å². The highest BCUT2D eigenvalue weighted by atomic mass is 16.5. The molecular weight excluding hydrogens is 342 g/mol. The highest BCUT2D eigenvalue weighted by molar-refractivity contribution is 5.78. The molecule has 6 heteroatoms. The fraction of sp³-hybridized carbons (Fsp3) is 0.905. The van der Waals surface area contributed by atoms with Crippen molar-refractivity contribution >= 4 is 11.8 Å². The molecule has 0 aromatic heterocycles. The summed E-state index contributed by atoms with van der Waals surface area (Å²) in [7, 11) is 1.65. The molecule has 0 saturated carbocycles. The molecule has 2 fully saturated rings. The summed E-state index contributed by atoms with van der Waals surface area (Å²) in [5, 5.41) is 2.96. The number of unbranched alkanes of at least 4 members (excludes halogenated alkanes) is 3. The average molecular weight is 382 g/mol. The van der Waals surface area contributed by atoms with Gasteiger partial charge in [-0.15, -0.1) is 0 Å². The average Bonchev–Trinajstić information content (AvgIpc) is 2.71. The van der Waals surface area contributed by atoms with Crippen molar-refractivity contribution in [3.05, 3.63) is 0 Å². The van der Waals surface area contributed by atoms with Crippen LogP contribution in [0.2, 0.25) is 0 Å². The summed E-state index contributed by atoms with van der Waals surface area (Å²) in [5.41, 5.74) is 0. The molecule has 0 atom stereocenters. The monoisotopic (exact) mass is 381 g/mol. The smallest absolute Gasteiger partial charge is 0.223 e. The van der Waals surface area contributed by atoms with Gasteiger partial charge in [-0.05, 0) is 45.2 Å². The number of hydrogen-bond donors (Lipinski definition) is 1. The molecule has 2 heterocycles. The highest BCUT2D eigenvalue weighted by Gasteiger charge is 2.31. The topological polar surface area (TPSA) is 61.9 Å². The Morgan fingerprint density at radius 1 is 1.00 bits per heavy atom. The first-order valence-electron chi connectivity index (χ1n) is 10.9. The fourth-order valence-corrected chi connectivity index (χ4v) is 4.29. The minimum atomic E-state index is 0.142. The lowest BCUT2D eigenvalue weighted by Gasteiger charge is -2.41. The summed E-state index contributed by atoms with van der Waals surface area (Å²) in [6.45, 7) is 7.16. The van der Waals surface area contributed by atoms with E-state index in [0.29, 0.717) is 31.5 Å². The lowest BCUT2D eigenvalue weighted by atomic mass is 9.92. The molecule has 2 rings (SSSR count). The third kappa shape index (κ3) is 7.41. The van der Waals surface area contributed by atoms with Gasteiger partial charge in [0.1, 0.15) is 0 Å². The van der Waals surface area contributed by atoms with Crippen molar-refractivity contribution in [2.24, 2.45) is 5.92 Å². The van der Waals surface area contributed by atoms with Gasteiger partial charge in [0.15, 0.2) is 0 Å². The first-order valence-corrected chi connectivity index (χ1v) is 10.9. The quantitative estimate of drug-likeness (QED) is 0.591. The Morgan fingerprint density at radius 2 is 1.70 bits per heavy atom. The van der Waals surface area contributed by atoms with E-state index in [1.165, 1.54) is 19.3 Å². The van der Waals surface area contributed by atoms with Gasteiger partial charge < -0.3 is 19.9 Å². The van der Waals surface area contributed by atoms with E-state index < -0.39 is 0 Å². The molecule has 2 saturated heterocycles. The summed E-state index contributed by atoms with van der Waals surface area (Å²) < 4.78 is 4.98. The zero-order valence-corrected chi connectivity index (χ0v) is 17.4. The van der Waals surface area contributed by atoms with Crippen LogP contribution in [-0.2, 0) is 14.3 Å². The van der Waals surface area contributed by atoms with E-state index in [1.54, 1.807) is 7.11 Å². The third-order valence-corrected chi connectivity index (χ3v) is 6.08. The maximum absolute atomic E-state index is 12.3. The SMILES string of the molecule is CCCCCCC(=O)N1CCC(N2CCC(C(=O)NCCOC)CC2)CC1. The Labute approximate surface area is 165 Å². The van der Waals surface area contributed by atoms with Gasteiger partial charge in [0.25, 0.3) is 0 Å². The van der Waals surface area contributed by atoms with Crippen LogP contribution >= 0.6 is 0 Å². The molecule has 6 nitrogen and oxygen atoms in total. The number of ether oxygens (including phenoxy) is 1. The standard InChI is InChI=1S/C21H39N3O3/c1-3-4-5-6-7-20(25)24-15-10-19(11-16-24)23-13-8-18(9-14-23)21(26)22-12-17-27-2/h18-19H,3-17H2,1-2H3,(H,22,26).